The maximum atomic E-state index is 2.33. The summed E-state index contributed by atoms with van der Waals surface area (Å²) in [6.45, 7) is 3.13. The van der Waals surface area contributed by atoms with Crippen molar-refractivity contribution < 1.29 is 0 Å². The van der Waals surface area contributed by atoms with Crippen molar-refractivity contribution in [1.29, 1.82) is 0 Å². The van der Waals surface area contributed by atoms with Gasteiger partial charge in [-0.3, -0.25) is 0 Å². The predicted octanol–water partition coefficient (Wildman–Crippen LogP) is 3.91. The lowest BCUT2D eigenvalue weighted by Gasteiger charge is -2.28. The Labute approximate surface area is 109 Å². The Balaban J connectivity index is 2.46. The Bertz CT molecular complexity index is 491. The summed E-state index contributed by atoms with van der Waals surface area (Å²) in [4.78, 5) is 4.48. The molecule has 2 rings (SSSR count). The fraction of sp³-hybridized carbons (Fsp3) is 0.250. The number of rotatable bonds is 4. The molecular weight excluding hydrogens is 220 g/mol. The van der Waals surface area contributed by atoms with Gasteiger partial charge in [0.05, 0.1) is 11.4 Å². The van der Waals surface area contributed by atoms with Crippen LogP contribution in [0.4, 0.5) is 17.1 Å². The third-order valence-corrected chi connectivity index (χ3v) is 3.04. The van der Waals surface area contributed by atoms with Crippen LogP contribution in [0.5, 0.6) is 0 Å². The number of benzene rings is 2. The van der Waals surface area contributed by atoms with E-state index in [1.54, 1.807) is 0 Å². The van der Waals surface area contributed by atoms with Crippen molar-refractivity contribution in [3.63, 3.8) is 0 Å². The first-order valence-electron chi connectivity index (χ1n) is 6.33. The minimum absolute atomic E-state index is 0.953. The molecule has 0 heterocycles. The molecular formula is C16H20N2. The summed E-state index contributed by atoms with van der Waals surface area (Å²) in [5, 5.41) is 0. The van der Waals surface area contributed by atoms with Crippen LogP contribution < -0.4 is 9.80 Å². The second kappa shape index (κ2) is 5.58. The van der Waals surface area contributed by atoms with Crippen LogP contribution in [0.2, 0.25) is 0 Å². The van der Waals surface area contributed by atoms with E-state index >= 15 is 0 Å². The van der Waals surface area contributed by atoms with Crippen LogP contribution >= 0.6 is 0 Å². The first-order chi connectivity index (χ1) is 8.74. The summed E-state index contributed by atoms with van der Waals surface area (Å²) in [5.74, 6) is 0. The number of para-hydroxylation sites is 3. The van der Waals surface area contributed by atoms with Gasteiger partial charge in [0.1, 0.15) is 0 Å². The second-order valence-corrected chi connectivity index (χ2v) is 4.46. The van der Waals surface area contributed by atoms with Crippen LogP contribution in [-0.4, -0.2) is 20.6 Å². The van der Waals surface area contributed by atoms with Gasteiger partial charge in [0.25, 0.3) is 0 Å². The molecule has 0 unspecified atom stereocenters. The first-order valence-corrected chi connectivity index (χ1v) is 6.33. The van der Waals surface area contributed by atoms with Crippen LogP contribution in [0.15, 0.2) is 54.6 Å². The Morgan fingerprint density at radius 2 is 1.33 bits per heavy atom. The van der Waals surface area contributed by atoms with Gasteiger partial charge < -0.3 is 9.80 Å². The van der Waals surface area contributed by atoms with Crippen LogP contribution in [0.1, 0.15) is 6.92 Å². The molecule has 94 valence electrons. The van der Waals surface area contributed by atoms with Crippen LogP contribution in [0.25, 0.3) is 0 Å². The van der Waals surface area contributed by atoms with Crippen molar-refractivity contribution in [3.05, 3.63) is 54.6 Å². The van der Waals surface area contributed by atoms with Crippen LogP contribution in [0, 0.1) is 0 Å². The quantitative estimate of drug-likeness (QED) is 0.799. The molecule has 0 fully saturated rings. The Morgan fingerprint density at radius 1 is 0.778 bits per heavy atom. The number of nitrogens with zero attached hydrogens (tertiary/aromatic N) is 2. The molecule has 0 aliphatic heterocycles. The zero-order chi connectivity index (χ0) is 13.0. The zero-order valence-corrected chi connectivity index (χ0v) is 11.3. The minimum Gasteiger partial charge on any atom is -0.376 e. The van der Waals surface area contributed by atoms with Crippen LogP contribution in [-0.2, 0) is 0 Å². The van der Waals surface area contributed by atoms with Gasteiger partial charge in [0.15, 0.2) is 0 Å². The molecule has 0 radical (unpaired) electrons. The van der Waals surface area contributed by atoms with Crippen molar-refractivity contribution in [1.82, 2.24) is 0 Å². The zero-order valence-electron chi connectivity index (χ0n) is 11.3. The molecule has 2 nitrogen and oxygen atoms in total. The molecule has 0 aromatic heterocycles. The molecule has 2 heteroatoms. The molecule has 0 spiro atoms. The molecule has 2 aromatic carbocycles. The molecule has 18 heavy (non-hydrogen) atoms. The molecule has 0 amide bonds. The highest BCUT2D eigenvalue weighted by Gasteiger charge is 2.11. The topological polar surface area (TPSA) is 6.48 Å². The Morgan fingerprint density at radius 3 is 1.89 bits per heavy atom. The van der Waals surface area contributed by atoms with Gasteiger partial charge in [-0.05, 0) is 31.2 Å². The maximum absolute atomic E-state index is 2.33. The highest BCUT2D eigenvalue weighted by Crippen LogP contribution is 2.32. The predicted molar refractivity (Wildman–Crippen MR) is 79.9 cm³/mol. The summed E-state index contributed by atoms with van der Waals surface area (Å²) >= 11 is 0. The fourth-order valence-corrected chi connectivity index (χ4v) is 2.17. The number of hydrogen-bond acceptors (Lipinski definition) is 2. The molecule has 2 aromatic rings. The Hall–Kier alpha value is -1.96. The van der Waals surface area contributed by atoms with E-state index in [4.69, 9.17) is 0 Å². The maximum Gasteiger partial charge on any atom is 0.0648 e. The lowest BCUT2D eigenvalue weighted by atomic mass is 10.2. The SMILES string of the molecule is CCN(c1ccccc1)c1ccccc1N(C)C. The molecule has 0 aliphatic rings. The fourth-order valence-electron chi connectivity index (χ4n) is 2.17. The van der Waals surface area contributed by atoms with Gasteiger partial charge >= 0.3 is 0 Å². The molecule has 0 saturated heterocycles. The normalized spacial score (nSPS) is 10.2. The molecule has 0 bridgehead atoms. The third-order valence-electron chi connectivity index (χ3n) is 3.04. The van der Waals surface area contributed by atoms with Crippen molar-refractivity contribution in [3.8, 4) is 0 Å². The highest BCUT2D eigenvalue weighted by atomic mass is 15.2. The van der Waals surface area contributed by atoms with Gasteiger partial charge in [-0.2, -0.15) is 0 Å². The standard InChI is InChI=1S/C16H20N2/c1-4-18(14-10-6-5-7-11-14)16-13-9-8-12-15(16)17(2)3/h5-13H,4H2,1-3H3. The molecule has 0 atom stereocenters. The summed E-state index contributed by atoms with van der Waals surface area (Å²) in [6.07, 6.45) is 0. The van der Waals surface area contributed by atoms with Gasteiger partial charge in [-0.25, -0.2) is 0 Å². The third kappa shape index (κ3) is 2.48. The average Bonchev–Trinajstić information content (AvgIpc) is 2.41. The number of hydrogen-bond donors (Lipinski definition) is 0. The van der Waals surface area contributed by atoms with Gasteiger partial charge in [0.2, 0.25) is 0 Å². The van der Waals surface area contributed by atoms with Gasteiger partial charge in [0, 0.05) is 26.3 Å². The summed E-state index contributed by atoms with van der Waals surface area (Å²) in [5.41, 5.74) is 3.72. The van der Waals surface area contributed by atoms with Crippen molar-refractivity contribution in [2.45, 2.75) is 6.92 Å². The second-order valence-electron chi connectivity index (χ2n) is 4.46. The Kier molecular flexibility index (Phi) is 3.88. The first kappa shape index (κ1) is 12.5. The van der Waals surface area contributed by atoms with E-state index in [0.29, 0.717) is 0 Å². The molecule has 0 N–H and O–H groups in total. The lowest BCUT2D eigenvalue weighted by molar-refractivity contribution is 1.01. The van der Waals surface area contributed by atoms with E-state index in [1.165, 1.54) is 17.1 Å². The lowest BCUT2D eigenvalue weighted by Crippen LogP contribution is -2.20. The van der Waals surface area contributed by atoms with Gasteiger partial charge in [-0.1, -0.05) is 30.3 Å². The van der Waals surface area contributed by atoms with E-state index in [1.807, 2.05) is 0 Å². The van der Waals surface area contributed by atoms with E-state index < -0.39 is 0 Å². The summed E-state index contributed by atoms with van der Waals surface area (Å²) in [6, 6.07) is 19.0. The van der Waals surface area contributed by atoms with Crippen molar-refractivity contribution >= 4 is 17.1 Å². The summed E-state index contributed by atoms with van der Waals surface area (Å²) in [7, 11) is 4.16. The largest absolute Gasteiger partial charge is 0.376 e. The van der Waals surface area contributed by atoms with Crippen molar-refractivity contribution in [2.24, 2.45) is 0 Å². The van der Waals surface area contributed by atoms with E-state index in [-0.39, 0.29) is 0 Å². The smallest absolute Gasteiger partial charge is 0.0648 e. The van der Waals surface area contributed by atoms with E-state index in [0.717, 1.165) is 6.54 Å². The van der Waals surface area contributed by atoms with Crippen LogP contribution in [0.3, 0.4) is 0 Å². The summed E-state index contributed by atoms with van der Waals surface area (Å²) < 4.78 is 0. The molecule has 0 aliphatic carbocycles. The molecule has 0 saturated carbocycles. The number of anilines is 3. The van der Waals surface area contributed by atoms with Gasteiger partial charge in [-0.15, -0.1) is 0 Å². The average molecular weight is 240 g/mol. The highest BCUT2D eigenvalue weighted by molar-refractivity contribution is 5.76. The monoisotopic (exact) mass is 240 g/mol. The minimum atomic E-state index is 0.953. The van der Waals surface area contributed by atoms with E-state index in [9.17, 15) is 0 Å². The van der Waals surface area contributed by atoms with Crippen molar-refractivity contribution in [2.75, 3.05) is 30.4 Å². The van der Waals surface area contributed by atoms with E-state index in [2.05, 4.69) is 85.4 Å².